The number of hydrogen-bond donors (Lipinski definition) is 2. The molecular weight excluding hydrogens is 634 g/mol. The topological polar surface area (TPSA) is 160 Å². The second-order valence-corrected chi connectivity index (χ2v) is 15.0. The molecule has 5 aromatic rings. The predicted molar refractivity (Wildman–Crippen MR) is 180 cm³/mol. The highest BCUT2D eigenvalue weighted by Crippen LogP contribution is 2.39. The number of aromatic nitrogens is 7. The van der Waals surface area contributed by atoms with E-state index in [9.17, 15) is 13.2 Å². The molecule has 48 heavy (non-hydrogen) atoms. The van der Waals surface area contributed by atoms with Crippen molar-refractivity contribution < 1.29 is 22.1 Å². The van der Waals surface area contributed by atoms with Crippen molar-refractivity contribution in [2.45, 2.75) is 77.5 Å². The normalized spacial score (nSPS) is 16.6. The fourth-order valence-electron chi connectivity index (χ4n) is 5.75. The third kappa shape index (κ3) is 7.36. The van der Waals surface area contributed by atoms with Crippen LogP contribution >= 0.6 is 0 Å². The molecular formula is C33H41N9O5S. The smallest absolute Gasteiger partial charge is 0.320 e. The fourth-order valence-corrected chi connectivity index (χ4v) is 6.13. The van der Waals surface area contributed by atoms with E-state index in [4.69, 9.17) is 14.0 Å². The zero-order chi connectivity index (χ0) is 34.2. The van der Waals surface area contributed by atoms with Crippen molar-refractivity contribution in [1.82, 2.24) is 39.5 Å². The number of carbonyl (C=O) groups is 1. The summed E-state index contributed by atoms with van der Waals surface area (Å²) in [5.41, 5.74) is 3.89. The highest BCUT2D eigenvalue weighted by atomic mass is 32.2. The van der Waals surface area contributed by atoms with Crippen LogP contribution in [0.5, 0.6) is 5.75 Å². The number of fused-ring (bicyclic) bond motifs is 2. The number of anilines is 1. The minimum atomic E-state index is -3.56. The molecule has 6 rings (SSSR count). The van der Waals surface area contributed by atoms with Gasteiger partial charge in [-0.05, 0) is 36.1 Å². The molecule has 0 spiro atoms. The lowest BCUT2D eigenvalue weighted by molar-refractivity contribution is 0.171. The molecule has 15 heteroatoms. The summed E-state index contributed by atoms with van der Waals surface area (Å²) < 4.78 is 39.2. The van der Waals surface area contributed by atoms with E-state index in [1.165, 1.54) is 0 Å². The SMILES string of the molecule is CC(C)c1nnc2ccc(O[C@@H]3CC[C@H](NC(=O)Nc4cc(C(C)(C)C)nn4-c4cnn(CCOS(C)(=O)=O)c4)c4ccccc43)cn12. The molecule has 2 amide bonds. The molecule has 0 radical (unpaired) electrons. The average Bonchev–Trinajstić information content (AvgIpc) is 3.76. The average molecular weight is 676 g/mol. The van der Waals surface area contributed by atoms with Gasteiger partial charge in [0.1, 0.15) is 29.2 Å². The summed E-state index contributed by atoms with van der Waals surface area (Å²) in [5.74, 6) is 2.29. The van der Waals surface area contributed by atoms with E-state index >= 15 is 0 Å². The largest absolute Gasteiger partial charge is 0.484 e. The first-order valence-electron chi connectivity index (χ1n) is 15.9. The van der Waals surface area contributed by atoms with Crippen LogP contribution in [-0.4, -0.2) is 61.5 Å². The van der Waals surface area contributed by atoms with Gasteiger partial charge in [-0.1, -0.05) is 58.9 Å². The third-order valence-electron chi connectivity index (χ3n) is 8.14. The Morgan fingerprint density at radius 2 is 1.83 bits per heavy atom. The van der Waals surface area contributed by atoms with Crippen molar-refractivity contribution in [1.29, 1.82) is 0 Å². The Labute approximate surface area is 279 Å². The quantitative estimate of drug-likeness (QED) is 0.188. The fraction of sp³-hybridized carbons (Fsp3) is 0.424. The van der Waals surface area contributed by atoms with E-state index < -0.39 is 10.1 Å². The molecule has 0 fully saturated rings. The summed E-state index contributed by atoms with van der Waals surface area (Å²) in [6.07, 6.45) is 7.45. The van der Waals surface area contributed by atoms with Gasteiger partial charge in [0.15, 0.2) is 5.65 Å². The molecule has 0 bridgehead atoms. The molecule has 1 aromatic carbocycles. The number of amides is 2. The van der Waals surface area contributed by atoms with Gasteiger partial charge in [-0.3, -0.25) is 18.6 Å². The van der Waals surface area contributed by atoms with Crippen LogP contribution in [0.15, 0.2) is 61.1 Å². The molecule has 254 valence electrons. The van der Waals surface area contributed by atoms with Crippen LogP contribution in [0.2, 0.25) is 0 Å². The Morgan fingerprint density at radius 1 is 1.06 bits per heavy atom. The lowest BCUT2D eigenvalue weighted by atomic mass is 9.85. The number of benzene rings is 1. The maximum atomic E-state index is 13.5. The summed E-state index contributed by atoms with van der Waals surface area (Å²) in [5, 5.41) is 23.8. The Bertz CT molecular complexity index is 2040. The Hall–Kier alpha value is -4.76. The number of nitrogens with one attached hydrogen (secondary N) is 2. The minimum absolute atomic E-state index is 0.0506. The summed E-state index contributed by atoms with van der Waals surface area (Å²) in [6.45, 7) is 10.5. The number of pyridine rings is 1. The molecule has 0 unspecified atom stereocenters. The van der Waals surface area contributed by atoms with Gasteiger partial charge in [0, 0.05) is 17.4 Å². The van der Waals surface area contributed by atoms with E-state index in [-0.39, 0.29) is 42.7 Å². The summed E-state index contributed by atoms with van der Waals surface area (Å²) in [6, 6.07) is 13.1. The van der Waals surface area contributed by atoms with Gasteiger partial charge in [0.05, 0.1) is 49.7 Å². The molecule has 1 aliphatic carbocycles. The van der Waals surface area contributed by atoms with Crippen LogP contribution in [0, 0.1) is 0 Å². The Balaban J connectivity index is 1.18. The van der Waals surface area contributed by atoms with Gasteiger partial charge in [-0.2, -0.15) is 18.6 Å². The number of rotatable bonds is 10. The van der Waals surface area contributed by atoms with Gasteiger partial charge in [0.2, 0.25) is 0 Å². The van der Waals surface area contributed by atoms with Gasteiger partial charge >= 0.3 is 6.03 Å². The lowest BCUT2D eigenvalue weighted by Gasteiger charge is -2.32. The molecule has 14 nitrogen and oxygen atoms in total. The highest BCUT2D eigenvalue weighted by molar-refractivity contribution is 7.85. The number of nitrogens with zero attached hydrogens (tertiary/aromatic N) is 7. The first kappa shape index (κ1) is 33.2. The Morgan fingerprint density at radius 3 is 2.56 bits per heavy atom. The summed E-state index contributed by atoms with van der Waals surface area (Å²) in [4.78, 5) is 13.5. The molecule has 4 heterocycles. The standard InChI is InChI=1S/C33H41N9O5S/c1-21(2)31-38-37-29-14-11-23(20-41(29)31)47-27-13-12-26(24-9-7-8-10-25(24)27)35-32(43)36-30-17-28(33(3,4)5)39-42(30)22-18-34-40(19-22)15-16-46-48(6,44)45/h7-11,14,17-21,26-27H,12-13,15-16H2,1-6H3,(H2,35,36,43)/t26-,27+/m0/s1. The van der Waals surface area contributed by atoms with Crippen molar-refractivity contribution in [3.8, 4) is 11.4 Å². The molecule has 0 aliphatic heterocycles. The molecule has 2 atom stereocenters. The maximum absolute atomic E-state index is 13.5. The number of ether oxygens (including phenoxy) is 1. The van der Waals surface area contributed by atoms with E-state index in [0.29, 0.717) is 24.3 Å². The first-order valence-corrected chi connectivity index (χ1v) is 17.7. The number of carbonyl (C=O) groups excluding carboxylic acids is 1. The summed E-state index contributed by atoms with van der Waals surface area (Å²) >= 11 is 0. The van der Waals surface area contributed by atoms with Crippen LogP contribution in [0.1, 0.15) is 88.2 Å². The molecule has 0 saturated carbocycles. The lowest BCUT2D eigenvalue weighted by Crippen LogP contribution is -2.36. The summed E-state index contributed by atoms with van der Waals surface area (Å²) in [7, 11) is -3.56. The van der Waals surface area contributed by atoms with Crippen LogP contribution in [0.4, 0.5) is 10.6 Å². The number of hydrogen-bond acceptors (Lipinski definition) is 9. The zero-order valence-corrected chi connectivity index (χ0v) is 28.7. The second kappa shape index (κ2) is 13.0. The van der Waals surface area contributed by atoms with E-state index in [2.05, 4.69) is 39.8 Å². The van der Waals surface area contributed by atoms with Gasteiger partial charge in [-0.25, -0.2) is 9.48 Å². The second-order valence-electron chi connectivity index (χ2n) is 13.3. The molecule has 1 aliphatic rings. The number of urea groups is 1. The highest BCUT2D eigenvalue weighted by Gasteiger charge is 2.30. The minimum Gasteiger partial charge on any atom is -0.484 e. The van der Waals surface area contributed by atoms with Gasteiger partial charge in [0.25, 0.3) is 10.1 Å². The van der Waals surface area contributed by atoms with Crippen LogP contribution < -0.4 is 15.4 Å². The van der Waals surface area contributed by atoms with Crippen LogP contribution in [0.3, 0.4) is 0 Å². The monoisotopic (exact) mass is 675 g/mol. The van der Waals surface area contributed by atoms with E-state index in [1.54, 1.807) is 21.8 Å². The molecule has 2 N–H and O–H groups in total. The van der Waals surface area contributed by atoms with Crippen molar-refractivity contribution >= 4 is 27.6 Å². The van der Waals surface area contributed by atoms with E-state index in [1.807, 2.05) is 73.8 Å². The predicted octanol–water partition coefficient (Wildman–Crippen LogP) is 5.29. The van der Waals surface area contributed by atoms with Gasteiger partial charge in [-0.15, -0.1) is 10.2 Å². The Kier molecular flexibility index (Phi) is 9.00. The van der Waals surface area contributed by atoms with Gasteiger partial charge < -0.3 is 10.1 Å². The first-order chi connectivity index (χ1) is 22.7. The molecule has 0 saturated heterocycles. The van der Waals surface area contributed by atoms with Crippen molar-refractivity contribution in [2.24, 2.45) is 0 Å². The van der Waals surface area contributed by atoms with Crippen LogP contribution in [0.25, 0.3) is 11.3 Å². The zero-order valence-electron chi connectivity index (χ0n) is 27.9. The van der Waals surface area contributed by atoms with Crippen molar-refractivity contribution in [3.63, 3.8) is 0 Å². The van der Waals surface area contributed by atoms with Crippen molar-refractivity contribution in [2.75, 3.05) is 18.2 Å². The third-order valence-corrected chi connectivity index (χ3v) is 8.73. The van der Waals surface area contributed by atoms with E-state index in [0.717, 1.165) is 40.3 Å². The maximum Gasteiger partial charge on any atom is 0.320 e. The van der Waals surface area contributed by atoms with Crippen LogP contribution in [-0.2, 0) is 26.3 Å². The molecule has 4 aromatic heterocycles. The van der Waals surface area contributed by atoms with Crippen molar-refractivity contribution in [3.05, 3.63) is 83.7 Å².